The molecule has 3 nitrogen and oxygen atoms in total. The molecule has 0 saturated heterocycles. The molecule has 0 bridgehead atoms. The molecular weight excluding hydrogens is 156 g/mol. The number of ether oxygens (including phenoxy) is 1. The maximum Gasteiger partial charge on any atom is 0.309 e. The van der Waals surface area contributed by atoms with Crippen LogP contribution in [0.25, 0.3) is 0 Å². The second-order valence-electron chi connectivity index (χ2n) is 3.95. The van der Waals surface area contributed by atoms with Crippen LogP contribution in [0.1, 0.15) is 34.1 Å². The summed E-state index contributed by atoms with van der Waals surface area (Å²) in [5.74, 6) is -0.453. The lowest BCUT2D eigenvalue weighted by Gasteiger charge is -2.21. The third-order valence-corrected chi connectivity index (χ3v) is 1.37. The molecule has 0 aromatic carbocycles. The SMILES string of the molecule is C[C@@H](CCO)C(=O)OC(C)(C)C. The van der Waals surface area contributed by atoms with Gasteiger partial charge in [0.05, 0.1) is 5.92 Å². The molecule has 0 aliphatic heterocycles. The van der Waals surface area contributed by atoms with Gasteiger partial charge in [-0.15, -0.1) is 0 Å². The first-order chi connectivity index (χ1) is 5.37. The van der Waals surface area contributed by atoms with Crippen LogP contribution in [0.3, 0.4) is 0 Å². The maximum atomic E-state index is 11.2. The van der Waals surface area contributed by atoms with Crippen LogP contribution in [0.2, 0.25) is 0 Å². The standard InChI is InChI=1S/C9H18O3/c1-7(5-6-10)8(11)12-9(2,3)4/h7,10H,5-6H2,1-4H3/t7-/m0/s1. The summed E-state index contributed by atoms with van der Waals surface area (Å²) in [6.45, 7) is 7.27. The lowest BCUT2D eigenvalue weighted by atomic mass is 10.1. The summed E-state index contributed by atoms with van der Waals surface area (Å²) in [6.07, 6.45) is 0.467. The Morgan fingerprint density at radius 2 is 2.00 bits per heavy atom. The number of aliphatic hydroxyl groups is 1. The zero-order valence-corrected chi connectivity index (χ0v) is 8.26. The van der Waals surface area contributed by atoms with Crippen molar-refractivity contribution < 1.29 is 14.6 Å². The molecule has 0 aromatic rings. The predicted octanol–water partition coefficient (Wildman–Crippen LogP) is 1.35. The summed E-state index contributed by atoms with van der Waals surface area (Å²) in [5.41, 5.74) is -0.430. The summed E-state index contributed by atoms with van der Waals surface area (Å²) in [5, 5.41) is 8.58. The van der Waals surface area contributed by atoms with Crippen LogP contribution in [0, 0.1) is 5.92 Å². The second kappa shape index (κ2) is 4.45. The Hall–Kier alpha value is -0.570. The predicted molar refractivity (Wildman–Crippen MR) is 46.7 cm³/mol. The first-order valence-electron chi connectivity index (χ1n) is 4.20. The molecule has 0 unspecified atom stereocenters. The third-order valence-electron chi connectivity index (χ3n) is 1.37. The molecule has 0 aromatic heterocycles. The average molecular weight is 174 g/mol. The van der Waals surface area contributed by atoms with Gasteiger partial charge in [-0.25, -0.2) is 0 Å². The van der Waals surface area contributed by atoms with Crippen molar-refractivity contribution in [1.29, 1.82) is 0 Å². The normalized spacial score (nSPS) is 14.1. The summed E-state index contributed by atoms with van der Waals surface area (Å²) in [4.78, 5) is 11.2. The van der Waals surface area contributed by atoms with Crippen molar-refractivity contribution in [3.05, 3.63) is 0 Å². The van der Waals surface area contributed by atoms with Crippen molar-refractivity contribution in [2.24, 2.45) is 5.92 Å². The number of hydrogen-bond acceptors (Lipinski definition) is 3. The summed E-state index contributed by atoms with van der Waals surface area (Å²) < 4.78 is 5.10. The number of rotatable bonds is 3. The van der Waals surface area contributed by atoms with Crippen LogP contribution >= 0.6 is 0 Å². The van der Waals surface area contributed by atoms with Gasteiger partial charge in [-0.1, -0.05) is 6.92 Å². The Bertz CT molecular complexity index is 146. The van der Waals surface area contributed by atoms with Gasteiger partial charge >= 0.3 is 5.97 Å². The fourth-order valence-electron chi connectivity index (χ4n) is 0.714. The molecule has 0 fully saturated rings. The molecular formula is C9H18O3. The van der Waals surface area contributed by atoms with Gasteiger partial charge in [0.15, 0.2) is 0 Å². The molecule has 3 heteroatoms. The highest BCUT2D eigenvalue weighted by molar-refractivity contribution is 5.72. The van der Waals surface area contributed by atoms with Crippen LogP contribution in [-0.2, 0) is 9.53 Å². The van der Waals surface area contributed by atoms with Gasteiger partial charge < -0.3 is 9.84 Å². The van der Waals surface area contributed by atoms with E-state index in [0.29, 0.717) is 6.42 Å². The quantitative estimate of drug-likeness (QED) is 0.657. The molecule has 1 atom stereocenters. The van der Waals surface area contributed by atoms with E-state index in [1.807, 2.05) is 20.8 Å². The maximum absolute atomic E-state index is 11.2. The van der Waals surface area contributed by atoms with Crippen LogP contribution in [0.5, 0.6) is 0 Å². The smallest absolute Gasteiger partial charge is 0.309 e. The minimum absolute atomic E-state index is 0.0282. The van der Waals surface area contributed by atoms with E-state index in [1.165, 1.54) is 0 Å². The minimum Gasteiger partial charge on any atom is -0.460 e. The third kappa shape index (κ3) is 5.13. The molecule has 0 heterocycles. The number of esters is 1. The van der Waals surface area contributed by atoms with E-state index < -0.39 is 5.60 Å². The topological polar surface area (TPSA) is 46.5 Å². The Morgan fingerprint density at radius 3 is 2.33 bits per heavy atom. The van der Waals surface area contributed by atoms with Gasteiger partial charge in [0.1, 0.15) is 5.60 Å². The van der Waals surface area contributed by atoms with E-state index in [2.05, 4.69) is 0 Å². The minimum atomic E-state index is -0.430. The monoisotopic (exact) mass is 174 g/mol. The van der Waals surface area contributed by atoms with Crippen molar-refractivity contribution in [3.63, 3.8) is 0 Å². The summed E-state index contributed by atoms with van der Waals surface area (Å²) in [7, 11) is 0. The highest BCUT2D eigenvalue weighted by atomic mass is 16.6. The molecule has 1 N–H and O–H groups in total. The number of carbonyl (C=O) groups excluding carboxylic acids is 1. The molecule has 0 aliphatic carbocycles. The zero-order chi connectivity index (χ0) is 9.78. The summed E-state index contributed by atoms with van der Waals surface area (Å²) >= 11 is 0. The van der Waals surface area contributed by atoms with Crippen LogP contribution < -0.4 is 0 Å². The van der Waals surface area contributed by atoms with Crippen molar-refractivity contribution in [3.8, 4) is 0 Å². The lowest BCUT2D eigenvalue weighted by Crippen LogP contribution is -2.27. The van der Waals surface area contributed by atoms with Crippen molar-refractivity contribution in [2.75, 3.05) is 6.61 Å². The molecule has 0 amide bonds. The number of hydrogen-bond donors (Lipinski definition) is 1. The molecule has 12 heavy (non-hydrogen) atoms. The van der Waals surface area contributed by atoms with Gasteiger partial charge in [0.2, 0.25) is 0 Å². The lowest BCUT2D eigenvalue weighted by molar-refractivity contribution is -0.159. The fourth-order valence-corrected chi connectivity index (χ4v) is 0.714. The highest BCUT2D eigenvalue weighted by Gasteiger charge is 2.20. The van der Waals surface area contributed by atoms with E-state index in [-0.39, 0.29) is 18.5 Å². The molecule has 0 spiro atoms. The average Bonchev–Trinajstić information content (AvgIpc) is 1.84. The first-order valence-corrected chi connectivity index (χ1v) is 4.20. The second-order valence-corrected chi connectivity index (χ2v) is 3.95. The van der Waals surface area contributed by atoms with Crippen LogP contribution in [0.4, 0.5) is 0 Å². The van der Waals surface area contributed by atoms with E-state index in [4.69, 9.17) is 9.84 Å². The van der Waals surface area contributed by atoms with Gasteiger partial charge in [0.25, 0.3) is 0 Å². The highest BCUT2D eigenvalue weighted by Crippen LogP contribution is 2.12. The van der Waals surface area contributed by atoms with E-state index in [0.717, 1.165) is 0 Å². The Balaban J connectivity index is 3.87. The number of carbonyl (C=O) groups is 1. The molecule has 0 aliphatic rings. The van der Waals surface area contributed by atoms with E-state index >= 15 is 0 Å². The molecule has 0 radical (unpaired) electrons. The van der Waals surface area contributed by atoms with E-state index in [1.54, 1.807) is 6.92 Å². The molecule has 0 saturated carbocycles. The number of aliphatic hydroxyl groups excluding tert-OH is 1. The van der Waals surface area contributed by atoms with E-state index in [9.17, 15) is 4.79 Å². The fraction of sp³-hybridized carbons (Fsp3) is 0.889. The Labute approximate surface area is 73.7 Å². The van der Waals surface area contributed by atoms with Crippen molar-refractivity contribution in [1.82, 2.24) is 0 Å². The van der Waals surface area contributed by atoms with Gasteiger partial charge in [-0.05, 0) is 27.2 Å². The van der Waals surface area contributed by atoms with Gasteiger partial charge in [-0.2, -0.15) is 0 Å². The van der Waals surface area contributed by atoms with Gasteiger partial charge in [0, 0.05) is 6.61 Å². The summed E-state index contributed by atoms with van der Waals surface area (Å²) in [6, 6.07) is 0. The molecule has 0 rings (SSSR count). The van der Waals surface area contributed by atoms with Crippen molar-refractivity contribution in [2.45, 2.75) is 39.7 Å². The van der Waals surface area contributed by atoms with Crippen LogP contribution in [-0.4, -0.2) is 23.3 Å². The molecule has 72 valence electrons. The largest absolute Gasteiger partial charge is 0.460 e. The van der Waals surface area contributed by atoms with Crippen LogP contribution in [0.15, 0.2) is 0 Å². The first kappa shape index (κ1) is 11.4. The Kier molecular flexibility index (Phi) is 4.24. The van der Waals surface area contributed by atoms with Gasteiger partial charge in [-0.3, -0.25) is 4.79 Å². The zero-order valence-electron chi connectivity index (χ0n) is 8.26. The van der Waals surface area contributed by atoms with Crippen molar-refractivity contribution >= 4 is 5.97 Å². The Morgan fingerprint density at radius 1 is 1.50 bits per heavy atom.